The summed E-state index contributed by atoms with van der Waals surface area (Å²) in [6.07, 6.45) is 3.99. The fourth-order valence-corrected chi connectivity index (χ4v) is 2.39. The molecule has 0 fully saturated rings. The number of carbonyl (C=O) groups is 1. The Bertz CT molecular complexity index is 781. The van der Waals surface area contributed by atoms with Gasteiger partial charge < -0.3 is 29.3 Å². The molecule has 0 bridgehead atoms. The van der Waals surface area contributed by atoms with E-state index in [1.54, 1.807) is 0 Å². The second-order valence-electron chi connectivity index (χ2n) is 4.80. The maximum atomic E-state index is 11.1. The standard InChI is InChI=1S/C16H15N3O.HI/c1-12(20)17-14-8-9-16-18(2)15(11-19(16)10-14)13-6-4-3-5-7-13;/h3-11H,1-2H3;1H. The first-order valence-electron chi connectivity index (χ1n) is 6.49. The average molecular weight is 393 g/mol. The number of hydrogen-bond acceptors (Lipinski definition) is 1. The number of hydrogen-bond donors (Lipinski definition) is 1. The molecule has 0 saturated carbocycles. The van der Waals surface area contributed by atoms with Crippen molar-refractivity contribution in [1.82, 2.24) is 4.57 Å². The van der Waals surface area contributed by atoms with Crippen LogP contribution in [0.25, 0.3) is 16.9 Å². The highest BCUT2D eigenvalue weighted by Crippen LogP contribution is 2.19. The Balaban J connectivity index is 0.00000161. The van der Waals surface area contributed by atoms with Crippen molar-refractivity contribution in [3.05, 3.63) is 54.9 Å². The number of pyridine rings is 1. The lowest BCUT2D eigenvalue weighted by atomic mass is 10.2. The van der Waals surface area contributed by atoms with E-state index in [1.165, 1.54) is 12.5 Å². The van der Waals surface area contributed by atoms with E-state index in [9.17, 15) is 4.79 Å². The van der Waals surface area contributed by atoms with Crippen molar-refractivity contribution < 1.29 is 33.2 Å². The van der Waals surface area contributed by atoms with Gasteiger partial charge in [-0.25, -0.2) is 8.97 Å². The Kier molecular flexibility index (Phi) is 4.62. The van der Waals surface area contributed by atoms with Gasteiger partial charge in [-0.05, 0) is 6.07 Å². The van der Waals surface area contributed by atoms with Gasteiger partial charge in [0.15, 0.2) is 5.69 Å². The summed E-state index contributed by atoms with van der Waals surface area (Å²) in [5.41, 5.74) is 4.16. The number of anilines is 1. The summed E-state index contributed by atoms with van der Waals surface area (Å²) in [6, 6.07) is 14.1. The number of imidazole rings is 1. The van der Waals surface area contributed by atoms with Crippen LogP contribution in [0.3, 0.4) is 0 Å². The zero-order valence-electron chi connectivity index (χ0n) is 11.9. The van der Waals surface area contributed by atoms with Crippen LogP contribution in [0.4, 0.5) is 5.69 Å². The van der Waals surface area contributed by atoms with E-state index in [4.69, 9.17) is 0 Å². The molecule has 0 radical (unpaired) electrons. The Morgan fingerprint density at radius 1 is 1.10 bits per heavy atom. The SMILES string of the molecule is CC(=O)Nc1ccc2n(C)c(-c3ccccc3)c[n+]2c1.[I-]. The smallest absolute Gasteiger partial charge is 0.286 e. The van der Waals surface area contributed by atoms with Gasteiger partial charge in [0.1, 0.15) is 12.4 Å². The third-order valence-corrected chi connectivity index (χ3v) is 3.31. The minimum Gasteiger partial charge on any atom is -1.00 e. The average Bonchev–Trinajstić information content (AvgIpc) is 2.76. The van der Waals surface area contributed by atoms with Crippen molar-refractivity contribution in [1.29, 1.82) is 0 Å². The van der Waals surface area contributed by atoms with Crippen LogP contribution in [-0.2, 0) is 11.8 Å². The first-order chi connectivity index (χ1) is 9.65. The molecule has 1 aromatic carbocycles. The first kappa shape index (κ1) is 15.5. The molecule has 0 saturated heterocycles. The fraction of sp³-hybridized carbons (Fsp3) is 0.125. The summed E-state index contributed by atoms with van der Waals surface area (Å²) in [6.45, 7) is 1.51. The summed E-state index contributed by atoms with van der Waals surface area (Å²) in [7, 11) is 2.04. The molecule has 0 aliphatic carbocycles. The van der Waals surface area contributed by atoms with E-state index in [2.05, 4.69) is 28.2 Å². The Morgan fingerprint density at radius 2 is 1.81 bits per heavy atom. The third kappa shape index (κ3) is 3.07. The predicted molar refractivity (Wildman–Crippen MR) is 78.3 cm³/mol. The van der Waals surface area contributed by atoms with Gasteiger partial charge in [0.05, 0.1) is 12.7 Å². The zero-order valence-corrected chi connectivity index (χ0v) is 14.0. The van der Waals surface area contributed by atoms with E-state index < -0.39 is 0 Å². The molecular formula is C16H16IN3O. The molecule has 0 aliphatic heterocycles. The van der Waals surface area contributed by atoms with Gasteiger partial charge in [0.2, 0.25) is 5.91 Å². The van der Waals surface area contributed by atoms with Crippen LogP contribution in [0.1, 0.15) is 6.92 Å². The number of benzene rings is 1. The maximum absolute atomic E-state index is 11.1. The van der Waals surface area contributed by atoms with Gasteiger partial charge in [-0.15, -0.1) is 0 Å². The molecule has 3 rings (SSSR count). The molecule has 5 heteroatoms. The number of nitrogens with one attached hydrogen (secondary N) is 1. The van der Waals surface area contributed by atoms with Crippen molar-refractivity contribution in [3.8, 4) is 11.3 Å². The van der Waals surface area contributed by atoms with Gasteiger partial charge >= 0.3 is 0 Å². The second kappa shape index (κ2) is 6.26. The molecule has 0 unspecified atom stereocenters. The highest BCUT2D eigenvalue weighted by molar-refractivity contribution is 5.88. The van der Waals surface area contributed by atoms with Crippen molar-refractivity contribution in [2.45, 2.75) is 6.92 Å². The Labute approximate surface area is 140 Å². The topological polar surface area (TPSA) is 38.1 Å². The lowest BCUT2D eigenvalue weighted by molar-refractivity contribution is -0.509. The molecule has 1 amide bonds. The van der Waals surface area contributed by atoms with Gasteiger partial charge in [-0.2, -0.15) is 0 Å². The molecule has 0 atom stereocenters. The molecule has 21 heavy (non-hydrogen) atoms. The first-order valence-corrected chi connectivity index (χ1v) is 6.49. The van der Waals surface area contributed by atoms with E-state index >= 15 is 0 Å². The molecule has 1 N–H and O–H groups in total. The Hall–Kier alpha value is -1.89. The molecular weight excluding hydrogens is 377 g/mol. The van der Waals surface area contributed by atoms with Gasteiger partial charge in [-0.3, -0.25) is 4.79 Å². The highest BCUT2D eigenvalue weighted by Gasteiger charge is 2.16. The largest absolute Gasteiger partial charge is 1.00 e. The number of amides is 1. The van der Waals surface area contributed by atoms with Crippen LogP contribution in [0.2, 0.25) is 0 Å². The number of nitrogens with zero attached hydrogens (tertiary/aromatic N) is 2. The minimum atomic E-state index is -0.0656. The fourth-order valence-electron chi connectivity index (χ4n) is 2.39. The quantitative estimate of drug-likeness (QED) is 0.458. The van der Waals surface area contributed by atoms with Crippen LogP contribution >= 0.6 is 0 Å². The number of rotatable bonds is 2. The van der Waals surface area contributed by atoms with Crippen LogP contribution in [0, 0.1) is 0 Å². The van der Waals surface area contributed by atoms with Crippen LogP contribution < -0.4 is 33.7 Å². The number of carbonyl (C=O) groups excluding carboxylic acids is 1. The summed E-state index contributed by atoms with van der Waals surface area (Å²) >= 11 is 0. The van der Waals surface area contributed by atoms with Crippen molar-refractivity contribution in [3.63, 3.8) is 0 Å². The normalized spacial score (nSPS) is 10.2. The summed E-state index contributed by atoms with van der Waals surface area (Å²) in [5, 5.41) is 2.80. The number of aromatic nitrogens is 2. The van der Waals surface area contributed by atoms with E-state index in [-0.39, 0.29) is 29.9 Å². The molecule has 4 nitrogen and oxygen atoms in total. The van der Waals surface area contributed by atoms with Crippen LogP contribution in [-0.4, -0.2) is 10.5 Å². The van der Waals surface area contributed by atoms with E-state index in [0.29, 0.717) is 0 Å². The monoisotopic (exact) mass is 393 g/mol. The number of aryl methyl sites for hydroxylation is 1. The number of halogens is 1. The maximum Gasteiger partial charge on any atom is 0.286 e. The molecule has 2 aromatic heterocycles. The molecule has 0 spiro atoms. The zero-order chi connectivity index (χ0) is 14.1. The molecule has 108 valence electrons. The summed E-state index contributed by atoms with van der Waals surface area (Å²) in [4.78, 5) is 11.1. The molecule has 2 heterocycles. The van der Waals surface area contributed by atoms with Crippen molar-refractivity contribution in [2.24, 2.45) is 7.05 Å². The van der Waals surface area contributed by atoms with Crippen molar-refractivity contribution in [2.75, 3.05) is 5.32 Å². The summed E-state index contributed by atoms with van der Waals surface area (Å²) in [5.74, 6) is -0.0656. The number of fused-ring (bicyclic) bond motifs is 1. The molecule has 0 aliphatic rings. The van der Waals surface area contributed by atoms with E-state index in [1.807, 2.05) is 48.0 Å². The lowest BCUT2D eigenvalue weighted by Crippen LogP contribution is -3.00. The minimum absolute atomic E-state index is 0. The third-order valence-electron chi connectivity index (χ3n) is 3.31. The van der Waals surface area contributed by atoms with Crippen LogP contribution in [0.5, 0.6) is 0 Å². The van der Waals surface area contributed by atoms with Crippen LogP contribution in [0.15, 0.2) is 54.9 Å². The Morgan fingerprint density at radius 3 is 2.48 bits per heavy atom. The molecule has 3 aromatic rings. The van der Waals surface area contributed by atoms with Gasteiger partial charge in [0, 0.05) is 18.6 Å². The van der Waals surface area contributed by atoms with Crippen molar-refractivity contribution >= 4 is 17.2 Å². The predicted octanol–water partition coefficient (Wildman–Crippen LogP) is -0.607. The second-order valence-corrected chi connectivity index (χ2v) is 4.80. The van der Waals surface area contributed by atoms with Gasteiger partial charge in [-0.1, -0.05) is 30.3 Å². The lowest BCUT2D eigenvalue weighted by Gasteiger charge is -1.99. The van der Waals surface area contributed by atoms with E-state index in [0.717, 1.165) is 17.0 Å². The summed E-state index contributed by atoms with van der Waals surface area (Å²) < 4.78 is 4.15. The van der Waals surface area contributed by atoms with Gasteiger partial charge in [0.25, 0.3) is 5.65 Å². The highest BCUT2D eigenvalue weighted by atomic mass is 127.